The van der Waals surface area contributed by atoms with Gasteiger partial charge in [-0.25, -0.2) is 19.2 Å². The zero-order valence-electron chi connectivity index (χ0n) is 18.1. The van der Waals surface area contributed by atoms with Gasteiger partial charge in [-0.3, -0.25) is 0 Å². The summed E-state index contributed by atoms with van der Waals surface area (Å²) in [6.45, 7) is 6.85. The van der Waals surface area contributed by atoms with Crippen molar-refractivity contribution in [3.63, 3.8) is 0 Å². The first-order valence-corrected chi connectivity index (χ1v) is 10.4. The summed E-state index contributed by atoms with van der Waals surface area (Å²) >= 11 is 0. The van der Waals surface area contributed by atoms with E-state index in [2.05, 4.69) is 13.5 Å². The molecule has 0 atom stereocenters. The minimum atomic E-state index is -1.60. The highest BCUT2D eigenvalue weighted by molar-refractivity contribution is 6.11. The predicted molar refractivity (Wildman–Crippen MR) is 114 cm³/mol. The van der Waals surface area contributed by atoms with Gasteiger partial charge < -0.3 is 19.7 Å². The number of carboxylic acid groups (broad SMARTS) is 2. The molecule has 0 aliphatic carbocycles. The molecule has 1 aromatic carbocycles. The Balaban J connectivity index is 2.95. The van der Waals surface area contributed by atoms with E-state index in [1.807, 2.05) is 0 Å². The molecule has 2 N–H and O–H groups in total. The molecule has 31 heavy (non-hydrogen) atoms. The SMILES string of the molecule is C=CC(=O)Oc1cc(C(=O)O)c(C(=O)O)c(C(=O)OCCCCCCCCCC)c1C. The molecule has 1 aromatic rings. The highest BCUT2D eigenvalue weighted by atomic mass is 16.5. The van der Waals surface area contributed by atoms with Crippen LogP contribution < -0.4 is 4.74 Å². The number of aromatic carboxylic acids is 2. The molecule has 1 rings (SSSR count). The number of carbonyl (C=O) groups is 4. The molecule has 0 bridgehead atoms. The van der Waals surface area contributed by atoms with Crippen LogP contribution in [0.1, 0.15) is 94.9 Å². The van der Waals surface area contributed by atoms with E-state index in [1.54, 1.807) is 0 Å². The molecule has 0 heterocycles. The van der Waals surface area contributed by atoms with Gasteiger partial charge in [0, 0.05) is 11.6 Å². The van der Waals surface area contributed by atoms with Gasteiger partial charge in [0.2, 0.25) is 0 Å². The minimum absolute atomic E-state index is 0.00137. The molecule has 0 saturated heterocycles. The van der Waals surface area contributed by atoms with Crippen LogP contribution in [0, 0.1) is 6.92 Å². The third kappa shape index (κ3) is 7.88. The molecular formula is C23H30O8. The number of carbonyl (C=O) groups excluding carboxylic acids is 2. The Morgan fingerprint density at radius 1 is 0.935 bits per heavy atom. The number of ether oxygens (including phenoxy) is 2. The second-order valence-corrected chi connectivity index (χ2v) is 7.14. The van der Waals surface area contributed by atoms with Crippen LogP contribution in [0.3, 0.4) is 0 Å². The first kappa shape index (κ1) is 25.9. The number of unbranched alkanes of at least 4 members (excludes halogenated alkanes) is 7. The number of carboxylic acids is 2. The summed E-state index contributed by atoms with van der Waals surface area (Å²) < 4.78 is 10.2. The molecule has 0 unspecified atom stereocenters. The van der Waals surface area contributed by atoms with Crippen molar-refractivity contribution < 1.29 is 38.9 Å². The van der Waals surface area contributed by atoms with E-state index < -0.39 is 40.6 Å². The second-order valence-electron chi connectivity index (χ2n) is 7.14. The van der Waals surface area contributed by atoms with E-state index in [4.69, 9.17) is 9.47 Å². The largest absolute Gasteiger partial charge is 0.478 e. The normalized spacial score (nSPS) is 10.4. The van der Waals surface area contributed by atoms with Crippen LogP contribution in [0.5, 0.6) is 5.75 Å². The van der Waals surface area contributed by atoms with Gasteiger partial charge in [-0.1, -0.05) is 58.4 Å². The third-order valence-electron chi connectivity index (χ3n) is 4.80. The van der Waals surface area contributed by atoms with Crippen molar-refractivity contribution >= 4 is 23.9 Å². The molecule has 0 fully saturated rings. The first-order valence-electron chi connectivity index (χ1n) is 10.4. The number of hydrogen-bond donors (Lipinski definition) is 2. The van der Waals surface area contributed by atoms with Gasteiger partial charge in [-0.05, 0) is 19.4 Å². The van der Waals surface area contributed by atoms with Gasteiger partial charge in [-0.15, -0.1) is 0 Å². The molecule has 0 aliphatic heterocycles. The molecule has 0 amide bonds. The Kier molecular flexibility index (Phi) is 11.0. The summed E-state index contributed by atoms with van der Waals surface area (Å²) in [5, 5.41) is 18.9. The van der Waals surface area contributed by atoms with E-state index in [0.29, 0.717) is 6.42 Å². The van der Waals surface area contributed by atoms with Gasteiger partial charge in [0.05, 0.1) is 23.3 Å². The first-order chi connectivity index (χ1) is 14.7. The average Bonchev–Trinajstić information content (AvgIpc) is 2.72. The fourth-order valence-electron chi connectivity index (χ4n) is 3.13. The van der Waals surface area contributed by atoms with Crippen molar-refractivity contribution in [3.8, 4) is 5.75 Å². The van der Waals surface area contributed by atoms with Crippen molar-refractivity contribution in [1.82, 2.24) is 0 Å². The summed E-state index contributed by atoms with van der Waals surface area (Å²) in [5.41, 5.74) is -1.83. The molecule has 170 valence electrons. The van der Waals surface area contributed by atoms with Crippen molar-refractivity contribution in [2.24, 2.45) is 0 Å². The number of esters is 2. The molecule has 8 nitrogen and oxygen atoms in total. The van der Waals surface area contributed by atoms with Gasteiger partial charge in [0.15, 0.2) is 0 Å². The van der Waals surface area contributed by atoms with E-state index in [0.717, 1.165) is 31.4 Å². The number of rotatable bonds is 14. The van der Waals surface area contributed by atoms with E-state index in [-0.39, 0.29) is 17.9 Å². The highest BCUT2D eigenvalue weighted by Crippen LogP contribution is 2.30. The lowest BCUT2D eigenvalue weighted by atomic mass is 9.95. The van der Waals surface area contributed by atoms with Gasteiger partial charge in [0.25, 0.3) is 0 Å². The van der Waals surface area contributed by atoms with Crippen molar-refractivity contribution in [3.05, 3.63) is 41.0 Å². The zero-order valence-corrected chi connectivity index (χ0v) is 18.1. The van der Waals surface area contributed by atoms with Crippen LogP contribution in [0.15, 0.2) is 18.7 Å². The maximum Gasteiger partial charge on any atom is 0.339 e. The average molecular weight is 434 g/mol. The van der Waals surface area contributed by atoms with Crippen LogP contribution >= 0.6 is 0 Å². The summed E-state index contributed by atoms with van der Waals surface area (Å²) in [6.07, 6.45) is 9.24. The zero-order chi connectivity index (χ0) is 23.4. The minimum Gasteiger partial charge on any atom is -0.478 e. The Morgan fingerprint density at radius 3 is 2.03 bits per heavy atom. The Hall–Kier alpha value is -3.16. The Labute approximate surface area is 181 Å². The Bertz CT molecular complexity index is 825. The number of hydrogen-bond acceptors (Lipinski definition) is 6. The molecule has 0 spiro atoms. The third-order valence-corrected chi connectivity index (χ3v) is 4.80. The Morgan fingerprint density at radius 2 is 1.52 bits per heavy atom. The van der Waals surface area contributed by atoms with Gasteiger partial charge in [-0.2, -0.15) is 0 Å². The van der Waals surface area contributed by atoms with Crippen molar-refractivity contribution in [2.75, 3.05) is 6.61 Å². The summed E-state index contributed by atoms with van der Waals surface area (Å²) in [4.78, 5) is 47.5. The lowest BCUT2D eigenvalue weighted by Gasteiger charge is -2.15. The maximum absolute atomic E-state index is 12.6. The molecular weight excluding hydrogens is 404 g/mol. The fourth-order valence-corrected chi connectivity index (χ4v) is 3.13. The lowest BCUT2D eigenvalue weighted by Crippen LogP contribution is -2.20. The van der Waals surface area contributed by atoms with E-state index >= 15 is 0 Å². The molecule has 8 heteroatoms. The molecule has 0 radical (unpaired) electrons. The highest BCUT2D eigenvalue weighted by Gasteiger charge is 2.30. The van der Waals surface area contributed by atoms with Gasteiger partial charge in [0.1, 0.15) is 5.75 Å². The lowest BCUT2D eigenvalue weighted by molar-refractivity contribution is -0.129. The molecule has 0 aliphatic rings. The van der Waals surface area contributed by atoms with E-state index in [1.165, 1.54) is 32.6 Å². The summed E-state index contributed by atoms with van der Waals surface area (Å²) in [7, 11) is 0. The predicted octanol–water partition coefficient (Wildman–Crippen LogP) is 4.78. The molecule has 0 aromatic heterocycles. The second kappa shape index (κ2) is 13.2. The monoisotopic (exact) mass is 434 g/mol. The van der Waals surface area contributed by atoms with Crippen LogP contribution in [0.4, 0.5) is 0 Å². The van der Waals surface area contributed by atoms with Crippen LogP contribution in [-0.4, -0.2) is 40.7 Å². The number of benzene rings is 1. The van der Waals surface area contributed by atoms with Crippen molar-refractivity contribution in [1.29, 1.82) is 0 Å². The summed E-state index contributed by atoms with van der Waals surface area (Å²) in [6, 6.07) is 0.901. The van der Waals surface area contributed by atoms with Gasteiger partial charge >= 0.3 is 23.9 Å². The van der Waals surface area contributed by atoms with Crippen molar-refractivity contribution in [2.45, 2.75) is 65.2 Å². The summed E-state index contributed by atoms with van der Waals surface area (Å²) in [5.74, 6) is -5.27. The smallest absolute Gasteiger partial charge is 0.339 e. The fraction of sp³-hybridized carbons (Fsp3) is 0.478. The van der Waals surface area contributed by atoms with Crippen LogP contribution in [0.2, 0.25) is 0 Å². The quantitative estimate of drug-likeness (QED) is 0.185. The van der Waals surface area contributed by atoms with Crippen LogP contribution in [0.25, 0.3) is 0 Å². The maximum atomic E-state index is 12.6. The van der Waals surface area contributed by atoms with Crippen LogP contribution in [-0.2, 0) is 9.53 Å². The standard InChI is InChI=1S/C23H30O8/c1-4-6-7-8-9-10-11-12-13-30-23(29)19-15(3)17(31-18(24)5-2)14-16(21(25)26)20(19)22(27)28/h5,14H,2,4,6-13H2,1,3H3,(H,25,26)(H,27,28). The molecule has 0 saturated carbocycles. The topological polar surface area (TPSA) is 127 Å². The van der Waals surface area contributed by atoms with E-state index in [9.17, 15) is 29.4 Å².